The van der Waals surface area contributed by atoms with Crippen LogP contribution < -0.4 is 4.74 Å². The van der Waals surface area contributed by atoms with Crippen LogP contribution in [-0.4, -0.2) is 53.7 Å². The molecule has 180 valence electrons. The maximum Gasteiger partial charge on any atom is 0.423 e. The Balaban J connectivity index is 1.73. The Morgan fingerprint density at radius 1 is 1.09 bits per heavy atom. The molecule has 4 aliphatic rings. The number of rotatable bonds is 2. The zero-order valence-corrected chi connectivity index (χ0v) is 19.4. The smallest absolute Gasteiger partial charge is 0.423 e. The number of phenols is 1. The quantitative estimate of drug-likeness (QED) is 0.391. The van der Waals surface area contributed by atoms with Gasteiger partial charge in [-0.05, 0) is 43.9 Å². The molecule has 0 radical (unpaired) electrons. The predicted molar refractivity (Wildman–Crippen MR) is 120 cm³/mol. The van der Waals surface area contributed by atoms with Crippen LogP contribution in [-0.2, 0) is 23.9 Å². The fourth-order valence-corrected chi connectivity index (χ4v) is 5.99. The number of ether oxygens (including phenoxy) is 2. The molecule has 1 heterocycles. The highest BCUT2D eigenvalue weighted by Crippen LogP contribution is 2.57. The molecule has 0 spiro atoms. The number of hydrogen-bond acceptors (Lipinski definition) is 8. The van der Waals surface area contributed by atoms with E-state index in [-0.39, 0.29) is 46.9 Å². The van der Waals surface area contributed by atoms with E-state index in [4.69, 9.17) is 4.74 Å². The van der Waals surface area contributed by atoms with Gasteiger partial charge in [0.1, 0.15) is 11.5 Å². The minimum atomic E-state index is -1.05. The van der Waals surface area contributed by atoms with Crippen molar-refractivity contribution in [1.29, 1.82) is 0 Å². The summed E-state index contributed by atoms with van der Waals surface area (Å²) in [6.07, 6.45) is 2.27. The number of imide groups is 3. The summed E-state index contributed by atoms with van der Waals surface area (Å²) in [5.74, 6) is -4.95. The third-order valence-corrected chi connectivity index (χ3v) is 7.47. The first-order valence-corrected chi connectivity index (χ1v) is 11.2. The first-order valence-electron chi connectivity index (χ1n) is 11.2. The topological polar surface area (TPSA) is 127 Å². The molecule has 1 aliphatic heterocycles. The summed E-state index contributed by atoms with van der Waals surface area (Å²) in [5, 5.41) is 10.9. The van der Waals surface area contributed by atoms with Crippen molar-refractivity contribution in [3.05, 3.63) is 58.2 Å². The summed E-state index contributed by atoms with van der Waals surface area (Å²) in [7, 11) is 2.53. The lowest BCUT2D eigenvalue weighted by molar-refractivity contribution is -0.137. The van der Waals surface area contributed by atoms with E-state index in [0.29, 0.717) is 21.8 Å². The number of carbonyl (C=O) groups is 5. The molecule has 3 aliphatic carbocycles. The fourth-order valence-electron chi connectivity index (χ4n) is 5.99. The summed E-state index contributed by atoms with van der Waals surface area (Å²) in [6, 6.07) is 4.71. The lowest BCUT2D eigenvalue weighted by Gasteiger charge is -2.42. The number of hydrogen-bond donors (Lipinski definition) is 1. The fraction of sp³-hybridized carbons (Fsp3) is 0.346. The van der Waals surface area contributed by atoms with Gasteiger partial charge in [-0.1, -0.05) is 17.7 Å². The monoisotopic (exact) mass is 477 g/mol. The second-order valence-electron chi connectivity index (χ2n) is 9.10. The molecule has 0 aromatic heterocycles. The van der Waals surface area contributed by atoms with Crippen LogP contribution in [0, 0.1) is 17.8 Å². The highest BCUT2D eigenvalue weighted by Gasteiger charge is 2.58. The van der Waals surface area contributed by atoms with Gasteiger partial charge in [-0.2, -0.15) is 4.90 Å². The number of carbonyl (C=O) groups excluding carboxylic acids is 5. The third kappa shape index (κ3) is 3.10. The standard InChI is InChI=1S/C26H23NO8/c1-11-9-17(29)20-15(23(11)30)10-14-12(21(20)22-16(28)5-4-6-18(22)34-2)7-8-13-19(14)25(32)27(24(13)31)26(33)35-3/h4-7,9,13-14,19,21,28H,8,10H2,1-3H3/t13-,14+,19-,21-/m0/s1. The number of Topliss-reactive ketones (excluding diaryl/α,β-unsaturated/α-hetero) is 1. The molecule has 4 atom stereocenters. The summed E-state index contributed by atoms with van der Waals surface area (Å²) < 4.78 is 10.1. The van der Waals surface area contributed by atoms with Gasteiger partial charge in [-0.25, -0.2) is 4.79 Å². The molecule has 35 heavy (non-hydrogen) atoms. The van der Waals surface area contributed by atoms with Gasteiger partial charge in [0.2, 0.25) is 11.8 Å². The van der Waals surface area contributed by atoms with E-state index in [1.165, 1.54) is 19.3 Å². The van der Waals surface area contributed by atoms with Gasteiger partial charge in [0, 0.05) is 28.2 Å². The number of allylic oxidation sites excluding steroid dienone is 6. The molecule has 5 rings (SSSR count). The van der Waals surface area contributed by atoms with Gasteiger partial charge < -0.3 is 14.6 Å². The van der Waals surface area contributed by atoms with Gasteiger partial charge in [0.15, 0.2) is 11.6 Å². The molecule has 0 bridgehead atoms. The molecule has 1 aromatic rings. The Morgan fingerprint density at radius 3 is 2.51 bits per heavy atom. The SMILES string of the molecule is COC(=O)N1C(=O)[C@H]2[C@H](CC=C3[C@H](c4c(O)cccc4OC)C4=C(C[C@H]32)C(=O)C(C)=CC4=O)C1=O. The largest absolute Gasteiger partial charge is 0.507 e. The van der Waals surface area contributed by atoms with Crippen LogP contribution in [0.1, 0.15) is 31.2 Å². The number of amides is 3. The number of ketones is 2. The minimum Gasteiger partial charge on any atom is -0.507 e. The van der Waals surface area contributed by atoms with E-state index in [2.05, 4.69) is 4.74 Å². The third-order valence-electron chi connectivity index (χ3n) is 7.47. The number of nitrogens with zero attached hydrogens (tertiary/aromatic N) is 1. The average Bonchev–Trinajstić information content (AvgIpc) is 3.10. The van der Waals surface area contributed by atoms with Gasteiger partial charge >= 0.3 is 6.09 Å². The summed E-state index contributed by atoms with van der Waals surface area (Å²) in [6.45, 7) is 1.55. The van der Waals surface area contributed by atoms with Gasteiger partial charge in [0.05, 0.1) is 26.1 Å². The van der Waals surface area contributed by atoms with Crippen LogP contribution in [0.2, 0.25) is 0 Å². The first kappa shape index (κ1) is 22.8. The number of aromatic hydroxyl groups is 1. The molecule has 1 fully saturated rings. The van der Waals surface area contributed by atoms with Crippen LogP contribution in [0.4, 0.5) is 4.79 Å². The Labute approximate surface area is 200 Å². The zero-order chi connectivity index (χ0) is 25.2. The van der Waals surface area contributed by atoms with E-state index in [0.717, 1.165) is 7.11 Å². The maximum atomic E-state index is 13.3. The Hall–Kier alpha value is -4.01. The van der Waals surface area contributed by atoms with E-state index in [1.807, 2.05) is 0 Å². The van der Waals surface area contributed by atoms with Crippen molar-refractivity contribution in [3.63, 3.8) is 0 Å². The molecule has 1 aromatic carbocycles. The summed E-state index contributed by atoms with van der Waals surface area (Å²) in [4.78, 5) is 65.5. The number of likely N-dealkylation sites (tertiary alicyclic amines) is 1. The Kier molecular flexibility index (Phi) is 5.23. The van der Waals surface area contributed by atoms with Gasteiger partial charge in [-0.15, -0.1) is 0 Å². The van der Waals surface area contributed by atoms with Crippen molar-refractivity contribution < 1.29 is 38.6 Å². The van der Waals surface area contributed by atoms with Crippen molar-refractivity contribution >= 4 is 29.5 Å². The number of benzene rings is 1. The molecular formula is C26H23NO8. The highest BCUT2D eigenvalue weighted by molar-refractivity contribution is 6.24. The van der Waals surface area contributed by atoms with E-state index in [9.17, 15) is 29.1 Å². The molecular weight excluding hydrogens is 454 g/mol. The van der Waals surface area contributed by atoms with E-state index >= 15 is 0 Å². The molecule has 9 heteroatoms. The Morgan fingerprint density at radius 2 is 1.83 bits per heavy atom. The van der Waals surface area contributed by atoms with Gasteiger partial charge in [0.25, 0.3) is 0 Å². The van der Waals surface area contributed by atoms with Crippen LogP contribution in [0.15, 0.2) is 52.6 Å². The highest BCUT2D eigenvalue weighted by atomic mass is 16.5. The molecule has 1 N–H and O–H groups in total. The van der Waals surface area contributed by atoms with Crippen LogP contribution in [0.25, 0.3) is 0 Å². The zero-order valence-electron chi connectivity index (χ0n) is 19.4. The van der Waals surface area contributed by atoms with E-state index < -0.39 is 41.6 Å². The second kappa shape index (κ2) is 8.04. The van der Waals surface area contributed by atoms with Crippen molar-refractivity contribution in [3.8, 4) is 11.5 Å². The van der Waals surface area contributed by atoms with Crippen molar-refractivity contribution in [2.75, 3.05) is 14.2 Å². The summed E-state index contributed by atoms with van der Waals surface area (Å²) in [5.41, 5.74) is 1.73. The number of fused-ring (bicyclic) bond motifs is 3. The van der Waals surface area contributed by atoms with Crippen molar-refractivity contribution in [1.82, 2.24) is 4.90 Å². The second-order valence-corrected chi connectivity index (χ2v) is 9.10. The van der Waals surface area contributed by atoms with Crippen molar-refractivity contribution in [2.45, 2.75) is 25.7 Å². The number of methoxy groups -OCH3 is 2. The molecule has 3 amide bonds. The first-order chi connectivity index (χ1) is 16.7. The minimum absolute atomic E-state index is 0.0680. The molecule has 9 nitrogen and oxygen atoms in total. The normalized spacial score (nSPS) is 27.7. The molecule has 0 unspecified atom stereocenters. The predicted octanol–water partition coefficient (Wildman–Crippen LogP) is 2.60. The lowest BCUT2D eigenvalue weighted by Crippen LogP contribution is -2.40. The van der Waals surface area contributed by atoms with Crippen LogP contribution in [0.3, 0.4) is 0 Å². The van der Waals surface area contributed by atoms with Gasteiger partial charge in [-0.3, -0.25) is 19.2 Å². The number of phenolic OH excluding ortho intramolecular Hbond substituents is 1. The Bertz CT molecular complexity index is 1320. The van der Waals surface area contributed by atoms with Crippen molar-refractivity contribution in [2.24, 2.45) is 17.8 Å². The van der Waals surface area contributed by atoms with Crippen LogP contribution >= 0.6 is 0 Å². The van der Waals surface area contributed by atoms with Crippen LogP contribution in [0.5, 0.6) is 11.5 Å². The molecule has 1 saturated heterocycles. The summed E-state index contributed by atoms with van der Waals surface area (Å²) >= 11 is 0. The molecule has 0 saturated carbocycles. The maximum absolute atomic E-state index is 13.3. The lowest BCUT2D eigenvalue weighted by atomic mass is 9.59. The average molecular weight is 477 g/mol. The van der Waals surface area contributed by atoms with E-state index in [1.54, 1.807) is 25.1 Å².